The number of rotatable bonds is 8. The maximum Gasteiger partial charge on any atom is 0.280 e. The number of nitro benzene ring substituents is 1. The monoisotopic (exact) mass is 610 g/mol. The van der Waals surface area contributed by atoms with Gasteiger partial charge in [-0.1, -0.05) is 88.7 Å². The number of ketones is 1. The molecule has 1 aliphatic heterocycles. The number of hydrogen-bond donors (Lipinski definition) is 1. The van der Waals surface area contributed by atoms with Gasteiger partial charge in [-0.15, -0.1) is 0 Å². The number of carbonyl (C=O) groups is 3. The average molecular weight is 611 g/mol. The van der Waals surface area contributed by atoms with Crippen molar-refractivity contribution >= 4 is 50.6 Å². The molecule has 1 heterocycles. The SMILES string of the molecule is O=C(Cc1cccc(Br)c1)N[C@@H]1N=C(c2ccccc2)c2ccccc2N(CC(=O)c2ccccc2[N+](=O)[O-])C1=O. The Morgan fingerprint density at radius 3 is 2.39 bits per heavy atom. The van der Waals surface area contributed by atoms with E-state index < -0.39 is 35.2 Å². The van der Waals surface area contributed by atoms with Crippen LogP contribution in [-0.2, 0) is 16.0 Å². The van der Waals surface area contributed by atoms with E-state index in [1.807, 2.05) is 42.5 Å². The summed E-state index contributed by atoms with van der Waals surface area (Å²) < 4.78 is 0.813. The van der Waals surface area contributed by atoms with Crippen LogP contribution in [0, 0.1) is 10.1 Å². The van der Waals surface area contributed by atoms with Crippen LogP contribution in [0.2, 0.25) is 0 Å². The minimum atomic E-state index is -1.35. The number of nitrogens with zero attached hydrogens (tertiary/aromatic N) is 3. The number of nitrogens with one attached hydrogen (secondary N) is 1. The van der Waals surface area contributed by atoms with Crippen molar-refractivity contribution in [3.63, 3.8) is 0 Å². The van der Waals surface area contributed by atoms with Gasteiger partial charge < -0.3 is 10.2 Å². The zero-order valence-electron chi connectivity index (χ0n) is 21.6. The van der Waals surface area contributed by atoms with Crippen LogP contribution < -0.4 is 10.2 Å². The van der Waals surface area contributed by atoms with Crippen LogP contribution in [0.4, 0.5) is 11.4 Å². The van der Waals surface area contributed by atoms with Crippen LogP contribution in [-0.4, -0.2) is 40.9 Å². The Morgan fingerprint density at radius 1 is 0.927 bits per heavy atom. The molecule has 0 bridgehead atoms. The summed E-state index contributed by atoms with van der Waals surface area (Å²) in [5.74, 6) is -1.70. The van der Waals surface area contributed by atoms with Crippen molar-refractivity contribution in [3.05, 3.63) is 140 Å². The Bertz CT molecular complexity index is 1690. The van der Waals surface area contributed by atoms with E-state index in [0.29, 0.717) is 22.5 Å². The van der Waals surface area contributed by atoms with E-state index in [4.69, 9.17) is 4.99 Å². The lowest BCUT2D eigenvalue weighted by atomic mass is 10.00. The van der Waals surface area contributed by atoms with E-state index in [-0.39, 0.29) is 17.7 Å². The van der Waals surface area contributed by atoms with Gasteiger partial charge in [-0.25, -0.2) is 4.99 Å². The highest BCUT2D eigenvalue weighted by Crippen LogP contribution is 2.29. The number of para-hydroxylation sites is 2. The van der Waals surface area contributed by atoms with Gasteiger partial charge in [0.15, 0.2) is 5.78 Å². The molecule has 10 heteroatoms. The van der Waals surface area contributed by atoms with Crippen LogP contribution in [0.5, 0.6) is 0 Å². The predicted molar refractivity (Wildman–Crippen MR) is 158 cm³/mol. The number of amides is 2. The third-order valence-electron chi connectivity index (χ3n) is 6.51. The number of aliphatic imine (C=N–C) groups is 1. The molecule has 2 amide bonds. The minimum Gasteiger partial charge on any atom is -0.326 e. The Labute approximate surface area is 243 Å². The maximum absolute atomic E-state index is 14.0. The molecule has 1 N–H and O–H groups in total. The molecule has 0 spiro atoms. The van der Waals surface area contributed by atoms with Crippen molar-refractivity contribution in [2.24, 2.45) is 4.99 Å². The lowest BCUT2D eigenvalue weighted by Gasteiger charge is -2.25. The van der Waals surface area contributed by atoms with Crippen molar-refractivity contribution in [2.75, 3.05) is 11.4 Å². The van der Waals surface area contributed by atoms with Crippen molar-refractivity contribution in [1.29, 1.82) is 0 Å². The second-order valence-electron chi connectivity index (χ2n) is 9.26. The van der Waals surface area contributed by atoms with E-state index >= 15 is 0 Å². The molecule has 41 heavy (non-hydrogen) atoms. The van der Waals surface area contributed by atoms with Crippen LogP contribution in [0.15, 0.2) is 113 Å². The van der Waals surface area contributed by atoms with Crippen LogP contribution >= 0.6 is 15.9 Å². The summed E-state index contributed by atoms with van der Waals surface area (Å²) in [6.45, 7) is -0.490. The first kappa shape index (κ1) is 27.6. The fraction of sp³-hybridized carbons (Fsp3) is 0.0968. The van der Waals surface area contributed by atoms with Crippen molar-refractivity contribution < 1.29 is 19.3 Å². The number of benzodiazepines with no additional fused rings is 1. The zero-order chi connectivity index (χ0) is 28.9. The molecule has 4 aromatic rings. The molecule has 4 aromatic carbocycles. The molecule has 5 rings (SSSR count). The zero-order valence-corrected chi connectivity index (χ0v) is 23.2. The molecular formula is C31H23BrN4O5. The third kappa shape index (κ3) is 6.12. The summed E-state index contributed by atoms with van der Waals surface area (Å²) in [5.41, 5.74) is 2.41. The smallest absolute Gasteiger partial charge is 0.280 e. The Hall–Kier alpha value is -4.96. The van der Waals surface area contributed by atoms with Gasteiger partial charge in [0, 0.05) is 21.7 Å². The number of anilines is 1. The number of fused-ring (bicyclic) bond motifs is 1. The fourth-order valence-corrected chi connectivity index (χ4v) is 5.09. The number of hydrogen-bond acceptors (Lipinski definition) is 6. The standard InChI is InChI=1S/C31H23BrN4O5/c32-22-12-8-9-20(17-22)18-28(38)33-30-31(39)35(19-27(37)23-13-4-7-16-26(23)36(40)41)25-15-6-5-14-24(25)29(34-30)21-10-2-1-3-11-21/h1-17,30H,18-19H2,(H,33,38)/t30-/m1/s1. The van der Waals surface area contributed by atoms with E-state index in [1.165, 1.54) is 29.2 Å². The largest absolute Gasteiger partial charge is 0.326 e. The lowest BCUT2D eigenvalue weighted by molar-refractivity contribution is -0.385. The first-order valence-electron chi connectivity index (χ1n) is 12.7. The third-order valence-corrected chi connectivity index (χ3v) is 7.00. The maximum atomic E-state index is 14.0. The molecule has 0 saturated heterocycles. The Balaban J connectivity index is 1.55. The van der Waals surface area contributed by atoms with Gasteiger partial charge in [-0.05, 0) is 29.8 Å². The lowest BCUT2D eigenvalue weighted by Crippen LogP contribution is -2.49. The number of halogens is 1. The second-order valence-corrected chi connectivity index (χ2v) is 10.2. The Morgan fingerprint density at radius 2 is 1.63 bits per heavy atom. The average Bonchev–Trinajstić information content (AvgIpc) is 3.08. The highest BCUT2D eigenvalue weighted by atomic mass is 79.9. The van der Waals surface area contributed by atoms with Gasteiger partial charge in [0.05, 0.1) is 34.9 Å². The highest BCUT2D eigenvalue weighted by molar-refractivity contribution is 9.10. The molecule has 1 aliphatic rings. The molecule has 0 radical (unpaired) electrons. The van der Waals surface area contributed by atoms with E-state index in [2.05, 4.69) is 21.2 Å². The quantitative estimate of drug-likeness (QED) is 0.169. The second kappa shape index (κ2) is 12.1. The van der Waals surface area contributed by atoms with E-state index in [1.54, 1.807) is 36.4 Å². The normalized spacial score (nSPS) is 14.5. The molecule has 0 saturated carbocycles. The highest BCUT2D eigenvalue weighted by Gasteiger charge is 2.35. The summed E-state index contributed by atoms with van der Waals surface area (Å²) in [5, 5.41) is 14.3. The van der Waals surface area contributed by atoms with Crippen LogP contribution in [0.1, 0.15) is 27.0 Å². The first-order chi connectivity index (χ1) is 19.8. The molecule has 9 nitrogen and oxygen atoms in total. The molecular weight excluding hydrogens is 588 g/mol. The van der Waals surface area contributed by atoms with Crippen molar-refractivity contribution in [2.45, 2.75) is 12.6 Å². The van der Waals surface area contributed by atoms with Gasteiger partial charge in [0.2, 0.25) is 12.1 Å². The molecule has 0 aliphatic carbocycles. The van der Waals surface area contributed by atoms with Gasteiger partial charge in [0.25, 0.3) is 11.6 Å². The topological polar surface area (TPSA) is 122 Å². The summed E-state index contributed by atoms with van der Waals surface area (Å²) in [7, 11) is 0. The van der Waals surface area contributed by atoms with Gasteiger partial charge >= 0.3 is 0 Å². The van der Waals surface area contributed by atoms with E-state index in [9.17, 15) is 24.5 Å². The minimum absolute atomic E-state index is 0.00149. The fourth-order valence-electron chi connectivity index (χ4n) is 4.65. The first-order valence-corrected chi connectivity index (χ1v) is 13.5. The predicted octanol–water partition coefficient (Wildman–Crippen LogP) is 5.11. The number of Topliss-reactive ketones (excluding diaryl/α,β-unsaturated/α-hetero) is 1. The van der Waals surface area contributed by atoms with Crippen LogP contribution in [0.3, 0.4) is 0 Å². The summed E-state index contributed by atoms with van der Waals surface area (Å²) >= 11 is 3.40. The Kier molecular flexibility index (Phi) is 8.11. The molecule has 0 fully saturated rings. The van der Waals surface area contributed by atoms with Crippen molar-refractivity contribution in [3.8, 4) is 0 Å². The number of nitro groups is 1. The van der Waals surface area contributed by atoms with Crippen LogP contribution in [0.25, 0.3) is 0 Å². The van der Waals surface area contributed by atoms with Gasteiger partial charge in [-0.2, -0.15) is 0 Å². The number of benzene rings is 4. The van der Waals surface area contributed by atoms with Crippen molar-refractivity contribution in [1.82, 2.24) is 5.32 Å². The summed E-state index contributed by atoms with van der Waals surface area (Å²) in [4.78, 5) is 57.5. The van der Waals surface area contributed by atoms with Gasteiger partial charge in [0.1, 0.15) is 0 Å². The molecule has 1 atom stereocenters. The molecule has 204 valence electrons. The summed E-state index contributed by atoms with van der Waals surface area (Å²) in [6, 6.07) is 29.0. The van der Waals surface area contributed by atoms with E-state index in [0.717, 1.165) is 10.0 Å². The summed E-state index contributed by atoms with van der Waals surface area (Å²) in [6.07, 6.45) is -1.35. The van der Waals surface area contributed by atoms with Gasteiger partial charge in [-0.3, -0.25) is 24.5 Å². The molecule has 0 unspecified atom stereocenters. The number of carbonyl (C=O) groups excluding carboxylic acids is 3. The molecule has 0 aromatic heterocycles.